The average molecular weight is 1010 g/mol. The maximum absolute atomic E-state index is 13.1. The molecule has 24 nitrogen and oxygen atoms in total. The molecule has 25 heteroatoms. The quantitative estimate of drug-likeness (QED) is 0.0203. The van der Waals surface area contributed by atoms with Crippen molar-refractivity contribution in [3.63, 3.8) is 0 Å². The number of thioether (sulfide) groups is 1. The molecule has 2 saturated heterocycles. The van der Waals surface area contributed by atoms with Crippen molar-refractivity contribution < 1.29 is 75.0 Å². The lowest BCUT2D eigenvalue weighted by Gasteiger charge is -2.23. The van der Waals surface area contributed by atoms with Gasteiger partial charge in [-0.05, 0) is 49.2 Å². The van der Waals surface area contributed by atoms with Crippen molar-refractivity contribution in [1.82, 2.24) is 26.2 Å². The Morgan fingerprint density at radius 1 is 0.657 bits per heavy atom. The fraction of sp³-hybridized carbons (Fsp3) is 0.578. The topological polar surface area (TPSA) is 388 Å². The van der Waals surface area contributed by atoms with Crippen LogP contribution in [0.25, 0.3) is 0 Å². The second-order valence-corrected chi connectivity index (χ2v) is 18.1. The van der Waals surface area contributed by atoms with E-state index in [-0.39, 0.29) is 93.3 Å². The third-order valence-electron chi connectivity index (χ3n) is 11.4. The number of rotatable bonds is 31. The van der Waals surface area contributed by atoms with Gasteiger partial charge in [0.05, 0.1) is 36.7 Å². The average Bonchev–Trinajstić information content (AvgIpc) is 3.91. The molecule has 6 amide bonds. The van der Waals surface area contributed by atoms with E-state index in [1.165, 1.54) is 12.1 Å². The molecule has 0 radical (unpaired) electrons. The van der Waals surface area contributed by atoms with Crippen LogP contribution in [-0.4, -0.2) is 216 Å². The number of carbonyl (C=O) groups is 5. The smallest absolute Gasteiger partial charge is 0.315 e. The second kappa shape index (κ2) is 29.9. The number of aliphatic hydroxyl groups excluding tert-OH is 10. The summed E-state index contributed by atoms with van der Waals surface area (Å²) < 4.78 is 0. The van der Waals surface area contributed by atoms with Crippen molar-refractivity contribution in [2.45, 2.75) is 111 Å². The predicted octanol–water partition coefficient (Wildman–Crippen LogP) is -3.03. The highest BCUT2D eigenvalue weighted by Gasteiger charge is 2.42. The van der Waals surface area contributed by atoms with Crippen LogP contribution in [0, 0.1) is 0 Å². The van der Waals surface area contributed by atoms with Gasteiger partial charge in [0.1, 0.15) is 48.8 Å². The van der Waals surface area contributed by atoms with Gasteiger partial charge in [0.25, 0.3) is 0 Å². The van der Waals surface area contributed by atoms with Crippen LogP contribution in [0.5, 0.6) is 0 Å². The lowest BCUT2D eigenvalue weighted by atomic mass is 10.0. The van der Waals surface area contributed by atoms with E-state index in [9.17, 15) is 64.8 Å². The first-order valence-electron chi connectivity index (χ1n) is 23.0. The molecule has 2 aromatic rings. The van der Waals surface area contributed by atoms with Crippen molar-refractivity contribution in [3.05, 3.63) is 48.5 Å². The van der Waals surface area contributed by atoms with Gasteiger partial charge in [0.15, 0.2) is 0 Å². The number of hydrogen-bond donors (Lipinski definition) is 16. The van der Waals surface area contributed by atoms with Gasteiger partial charge >= 0.3 is 6.03 Å². The third kappa shape index (κ3) is 19.6. The summed E-state index contributed by atoms with van der Waals surface area (Å²) in [5.74, 6) is -0.439. The molecule has 2 aliphatic heterocycles. The van der Waals surface area contributed by atoms with Crippen molar-refractivity contribution in [2.75, 3.05) is 62.3 Å². The van der Waals surface area contributed by atoms with Gasteiger partial charge in [-0.3, -0.25) is 29.2 Å². The molecule has 0 aromatic heterocycles. The summed E-state index contributed by atoms with van der Waals surface area (Å²) in [7, 11) is 0. The Hall–Kier alpha value is -5.16. The Labute approximate surface area is 408 Å². The van der Waals surface area contributed by atoms with Crippen molar-refractivity contribution >= 4 is 76.6 Å². The van der Waals surface area contributed by atoms with E-state index in [0.717, 1.165) is 31.0 Å². The minimum atomic E-state index is -1.85. The van der Waals surface area contributed by atoms with Crippen molar-refractivity contribution in [1.29, 1.82) is 0 Å². The zero-order valence-corrected chi connectivity index (χ0v) is 39.3. The summed E-state index contributed by atoms with van der Waals surface area (Å²) in [6, 6.07) is 12.5. The summed E-state index contributed by atoms with van der Waals surface area (Å²) >= 11 is 1.82. The molecule has 11 atom stereocenters. The molecular weight excluding hydrogens is 939 g/mol. The van der Waals surface area contributed by atoms with E-state index in [1.54, 1.807) is 41.3 Å². The molecule has 0 aliphatic carbocycles. The Kier molecular flexibility index (Phi) is 24.5. The zero-order chi connectivity index (χ0) is 51.2. The molecule has 0 spiro atoms. The molecule has 70 heavy (non-hydrogen) atoms. The molecule has 388 valence electrons. The standard InChI is InChI=1S/C45H67N9O15S/c55-23-33(59)43(67)41(65)31(57)21-48-26-5-3-7-28(19-26)50-38(63)12-16-54(17-13-39(64)51-29-8-4-6-27(20-29)49-22-32(58)42(66)44(68)34(60)24-56)18-15-47-37(62)11-14-46-36(61)10-2-1-9-35-40-30(25-70-35)52-45(69)53-40/h3-8,19-22,30-35,40-44,55-60,65-68H,1-2,9-18,23-25H2,(H,46,61)(H,47,62)(H,50,63)(H,51,64)(H2,52,53,69)/t30-,31?,32?,33?,34?,35?,40-,41-,42-,43+,44+/m1/s1. The van der Waals surface area contributed by atoms with E-state index in [2.05, 4.69) is 41.9 Å². The van der Waals surface area contributed by atoms with Gasteiger partial charge in [-0.1, -0.05) is 18.6 Å². The number of nitrogens with one attached hydrogen (secondary N) is 6. The minimum absolute atomic E-state index is 0.0277. The maximum Gasteiger partial charge on any atom is 0.315 e. The number of nitrogens with zero attached hydrogens (tertiary/aromatic N) is 3. The number of aliphatic imine (C=N–C) groups is 2. The Morgan fingerprint density at radius 3 is 1.70 bits per heavy atom. The fourth-order valence-electron chi connectivity index (χ4n) is 7.33. The number of carbonyl (C=O) groups excluding carboxylic acids is 5. The molecule has 2 heterocycles. The predicted molar refractivity (Wildman–Crippen MR) is 259 cm³/mol. The number of amides is 6. The van der Waals surface area contributed by atoms with Crippen molar-refractivity contribution in [2.24, 2.45) is 9.98 Å². The van der Waals surface area contributed by atoms with Crippen LogP contribution < -0.4 is 31.9 Å². The summed E-state index contributed by atoms with van der Waals surface area (Å²) in [4.78, 5) is 72.9. The third-order valence-corrected chi connectivity index (χ3v) is 12.9. The Morgan fingerprint density at radius 2 is 1.17 bits per heavy atom. The van der Waals surface area contributed by atoms with Gasteiger partial charge in [-0.25, -0.2) is 4.79 Å². The number of fused-ring (bicyclic) bond motifs is 1. The number of aliphatic hydroxyl groups is 10. The fourth-order valence-corrected chi connectivity index (χ4v) is 8.87. The van der Waals surface area contributed by atoms with E-state index < -0.39 is 73.9 Å². The summed E-state index contributed by atoms with van der Waals surface area (Å²) in [6.07, 6.45) is -9.65. The molecule has 2 aliphatic rings. The number of anilines is 2. The van der Waals surface area contributed by atoms with Gasteiger partial charge in [0.2, 0.25) is 23.6 Å². The number of urea groups is 1. The minimum Gasteiger partial charge on any atom is -0.394 e. The van der Waals surface area contributed by atoms with Crippen LogP contribution in [0.3, 0.4) is 0 Å². The Balaban J connectivity index is 1.26. The molecule has 2 fully saturated rings. The highest BCUT2D eigenvalue weighted by molar-refractivity contribution is 8.00. The highest BCUT2D eigenvalue weighted by atomic mass is 32.2. The van der Waals surface area contributed by atoms with Gasteiger partial charge < -0.3 is 87.9 Å². The summed E-state index contributed by atoms with van der Waals surface area (Å²) in [5, 5.41) is 114. The zero-order valence-electron chi connectivity index (χ0n) is 38.5. The maximum atomic E-state index is 13.1. The molecule has 5 unspecified atom stereocenters. The van der Waals surface area contributed by atoms with Crippen LogP contribution in [0.2, 0.25) is 0 Å². The first-order chi connectivity index (χ1) is 33.5. The SMILES string of the molecule is O=C(CCCCC1SC[C@H]2NC(=O)N[C@@H]12)NCCC(=O)NCCN(CCC(=O)Nc1cccc(N=CC(O)[C@@H](O)[C@@H](O)C(O)CO)c1)CCC(=O)Nc1cccc(N=CC(O)[C@@H](O)[C@@H](O)C(O)CO)c1. The summed E-state index contributed by atoms with van der Waals surface area (Å²) in [5.41, 5.74) is 1.20. The van der Waals surface area contributed by atoms with Crippen LogP contribution in [0.15, 0.2) is 58.5 Å². The molecule has 4 rings (SSSR count). The molecule has 2 aromatic carbocycles. The number of unbranched alkanes of at least 4 members (excludes halogenated alkanes) is 1. The van der Waals surface area contributed by atoms with Crippen LogP contribution in [-0.2, 0) is 19.2 Å². The normalized spacial score (nSPS) is 20.2. The molecule has 16 N–H and O–H groups in total. The Bertz CT molecular complexity index is 1960. The summed E-state index contributed by atoms with van der Waals surface area (Å²) in [6.45, 7) is -0.841. The van der Waals surface area contributed by atoms with Gasteiger partial charge in [-0.2, -0.15) is 11.8 Å². The lowest BCUT2D eigenvalue weighted by Crippen LogP contribution is -2.46. The monoisotopic (exact) mass is 1010 g/mol. The van der Waals surface area contributed by atoms with E-state index in [0.29, 0.717) is 29.5 Å². The molecule has 0 bridgehead atoms. The van der Waals surface area contributed by atoms with E-state index >= 15 is 0 Å². The van der Waals surface area contributed by atoms with Crippen LogP contribution in [0.1, 0.15) is 44.9 Å². The van der Waals surface area contributed by atoms with Crippen molar-refractivity contribution in [3.8, 4) is 0 Å². The molecule has 0 saturated carbocycles. The van der Waals surface area contributed by atoms with Crippen LogP contribution >= 0.6 is 11.8 Å². The van der Waals surface area contributed by atoms with E-state index in [1.807, 2.05) is 11.8 Å². The number of hydrogen-bond acceptors (Lipinski definition) is 19. The second-order valence-electron chi connectivity index (χ2n) is 16.9. The van der Waals surface area contributed by atoms with Gasteiger partial charge in [-0.15, -0.1) is 0 Å². The van der Waals surface area contributed by atoms with E-state index in [4.69, 9.17) is 10.2 Å². The molecular formula is C45H67N9O15S. The first-order valence-corrected chi connectivity index (χ1v) is 24.0. The first kappa shape index (κ1) is 57.4. The number of benzene rings is 2. The lowest BCUT2D eigenvalue weighted by molar-refractivity contribution is -0.123. The van der Waals surface area contributed by atoms with Crippen LogP contribution in [0.4, 0.5) is 27.5 Å². The largest absolute Gasteiger partial charge is 0.394 e. The highest BCUT2D eigenvalue weighted by Crippen LogP contribution is 2.33. The van der Waals surface area contributed by atoms with Gasteiger partial charge in [0, 0.05) is 93.2 Å².